The van der Waals surface area contributed by atoms with Gasteiger partial charge in [0.1, 0.15) is 11.3 Å². The molecule has 0 saturated carbocycles. The Kier molecular flexibility index (Phi) is 6.46. The van der Waals surface area contributed by atoms with Gasteiger partial charge in [0.05, 0.1) is 24.7 Å². The topological polar surface area (TPSA) is 133 Å². The SMILES string of the molecule is CC(C)(C)OC(=O)N1CC(CCOc2ccc(-c3cncc(C(=O)NN)n3)cn2)C1. The average Bonchev–Trinajstić information content (AvgIpc) is 2.68. The van der Waals surface area contributed by atoms with Crippen molar-refractivity contribution in [3.63, 3.8) is 0 Å². The van der Waals surface area contributed by atoms with Gasteiger partial charge < -0.3 is 14.4 Å². The molecule has 3 rings (SSSR count). The van der Waals surface area contributed by atoms with Crippen molar-refractivity contribution in [1.82, 2.24) is 25.3 Å². The van der Waals surface area contributed by atoms with Gasteiger partial charge in [0, 0.05) is 30.9 Å². The molecule has 10 heteroatoms. The molecule has 2 aromatic heterocycles. The molecular formula is C20H26N6O4. The number of amides is 2. The van der Waals surface area contributed by atoms with E-state index in [1.807, 2.05) is 26.2 Å². The Hall–Kier alpha value is -3.27. The fourth-order valence-electron chi connectivity index (χ4n) is 2.86. The van der Waals surface area contributed by atoms with E-state index in [0.29, 0.717) is 42.8 Å². The van der Waals surface area contributed by atoms with Crippen LogP contribution >= 0.6 is 0 Å². The Balaban J connectivity index is 1.44. The highest BCUT2D eigenvalue weighted by Gasteiger charge is 2.33. The number of nitrogen functional groups attached to an aromatic ring is 1. The van der Waals surface area contributed by atoms with E-state index in [-0.39, 0.29) is 11.8 Å². The lowest BCUT2D eigenvalue weighted by Gasteiger charge is -2.39. The van der Waals surface area contributed by atoms with Gasteiger partial charge in [0.25, 0.3) is 5.91 Å². The summed E-state index contributed by atoms with van der Waals surface area (Å²) in [6, 6.07) is 3.53. The molecule has 0 aliphatic carbocycles. The Morgan fingerprint density at radius 1 is 1.23 bits per heavy atom. The van der Waals surface area contributed by atoms with Gasteiger partial charge in [-0.15, -0.1) is 0 Å². The molecule has 160 valence electrons. The van der Waals surface area contributed by atoms with E-state index in [0.717, 1.165) is 6.42 Å². The molecule has 0 spiro atoms. The van der Waals surface area contributed by atoms with E-state index >= 15 is 0 Å². The second kappa shape index (κ2) is 9.04. The van der Waals surface area contributed by atoms with Gasteiger partial charge in [0.2, 0.25) is 5.88 Å². The number of hydrogen-bond acceptors (Lipinski definition) is 8. The van der Waals surface area contributed by atoms with Gasteiger partial charge in [-0.25, -0.2) is 20.6 Å². The summed E-state index contributed by atoms with van der Waals surface area (Å²) < 4.78 is 11.0. The van der Waals surface area contributed by atoms with Crippen molar-refractivity contribution in [2.24, 2.45) is 11.8 Å². The maximum atomic E-state index is 11.9. The van der Waals surface area contributed by atoms with Crippen LogP contribution in [0.2, 0.25) is 0 Å². The molecule has 10 nitrogen and oxygen atoms in total. The molecule has 1 fully saturated rings. The zero-order valence-electron chi connectivity index (χ0n) is 17.3. The summed E-state index contributed by atoms with van der Waals surface area (Å²) in [5.41, 5.74) is 2.87. The number of hydrazine groups is 1. The number of nitrogens with two attached hydrogens (primary N) is 1. The van der Waals surface area contributed by atoms with Crippen LogP contribution in [0.3, 0.4) is 0 Å². The predicted molar refractivity (Wildman–Crippen MR) is 108 cm³/mol. The number of aromatic nitrogens is 3. The van der Waals surface area contributed by atoms with E-state index in [1.54, 1.807) is 23.2 Å². The van der Waals surface area contributed by atoms with Gasteiger partial charge in [-0.3, -0.25) is 15.2 Å². The first kappa shape index (κ1) is 21.4. The molecule has 3 heterocycles. The molecule has 1 aliphatic rings. The van der Waals surface area contributed by atoms with Crippen LogP contribution in [0, 0.1) is 5.92 Å². The van der Waals surface area contributed by atoms with E-state index in [9.17, 15) is 9.59 Å². The van der Waals surface area contributed by atoms with E-state index < -0.39 is 11.5 Å². The van der Waals surface area contributed by atoms with Crippen molar-refractivity contribution in [1.29, 1.82) is 0 Å². The van der Waals surface area contributed by atoms with Crippen LogP contribution in [-0.2, 0) is 4.74 Å². The third-order valence-electron chi connectivity index (χ3n) is 4.42. The molecule has 3 N–H and O–H groups in total. The largest absolute Gasteiger partial charge is 0.478 e. The van der Waals surface area contributed by atoms with Crippen molar-refractivity contribution in [2.75, 3.05) is 19.7 Å². The van der Waals surface area contributed by atoms with E-state index in [1.165, 1.54) is 12.4 Å². The molecule has 30 heavy (non-hydrogen) atoms. The van der Waals surface area contributed by atoms with Gasteiger partial charge in [-0.2, -0.15) is 0 Å². The molecular weight excluding hydrogens is 388 g/mol. The maximum absolute atomic E-state index is 11.9. The Morgan fingerprint density at radius 3 is 2.63 bits per heavy atom. The second-order valence-corrected chi connectivity index (χ2v) is 8.04. The minimum Gasteiger partial charge on any atom is -0.478 e. The summed E-state index contributed by atoms with van der Waals surface area (Å²) in [6.07, 6.45) is 5.04. The minimum atomic E-state index is -0.515. The quantitative estimate of drug-likeness (QED) is 0.415. The van der Waals surface area contributed by atoms with Crippen molar-refractivity contribution < 1.29 is 19.1 Å². The second-order valence-electron chi connectivity index (χ2n) is 8.04. The third kappa shape index (κ3) is 5.63. The summed E-state index contributed by atoms with van der Waals surface area (Å²) in [7, 11) is 0. The number of likely N-dealkylation sites (tertiary alicyclic amines) is 1. The molecule has 0 unspecified atom stereocenters. The molecule has 0 bridgehead atoms. The van der Waals surface area contributed by atoms with Crippen molar-refractivity contribution in [3.05, 3.63) is 36.4 Å². The number of nitrogens with zero attached hydrogens (tertiary/aromatic N) is 4. The van der Waals surface area contributed by atoms with Gasteiger partial charge in [-0.1, -0.05) is 0 Å². The first-order chi connectivity index (χ1) is 14.2. The van der Waals surface area contributed by atoms with Crippen LogP contribution in [0.5, 0.6) is 5.88 Å². The van der Waals surface area contributed by atoms with Gasteiger partial charge in [0.15, 0.2) is 0 Å². The number of nitrogens with one attached hydrogen (secondary N) is 1. The third-order valence-corrected chi connectivity index (χ3v) is 4.42. The Bertz CT molecular complexity index is 891. The number of ether oxygens (including phenoxy) is 2. The predicted octanol–water partition coefficient (Wildman–Crippen LogP) is 1.78. The monoisotopic (exact) mass is 414 g/mol. The van der Waals surface area contributed by atoms with Crippen LogP contribution in [0.15, 0.2) is 30.7 Å². The number of rotatable bonds is 6. The average molecular weight is 414 g/mol. The number of carbonyl (C=O) groups excluding carboxylic acids is 2. The highest BCUT2D eigenvalue weighted by molar-refractivity contribution is 5.91. The maximum Gasteiger partial charge on any atom is 0.410 e. The summed E-state index contributed by atoms with van der Waals surface area (Å²) in [5, 5.41) is 0. The minimum absolute atomic E-state index is 0.122. The van der Waals surface area contributed by atoms with Gasteiger partial charge >= 0.3 is 6.09 Å². The summed E-state index contributed by atoms with van der Waals surface area (Å²) in [4.78, 5) is 37.7. The van der Waals surface area contributed by atoms with Crippen molar-refractivity contribution in [2.45, 2.75) is 32.8 Å². The Morgan fingerprint density at radius 2 is 2.00 bits per heavy atom. The molecule has 2 aromatic rings. The zero-order valence-corrected chi connectivity index (χ0v) is 17.3. The first-order valence-electron chi connectivity index (χ1n) is 9.65. The van der Waals surface area contributed by atoms with Crippen LogP contribution in [0.4, 0.5) is 4.79 Å². The normalized spacial score (nSPS) is 14.1. The zero-order chi connectivity index (χ0) is 21.7. The highest BCUT2D eigenvalue weighted by Crippen LogP contribution is 2.23. The summed E-state index contributed by atoms with van der Waals surface area (Å²) >= 11 is 0. The molecule has 2 amide bonds. The fourth-order valence-corrected chi connectivity index (χ4v) is 2.86. The van der Waals surface area contributed by atoms with E-state index in [4.69, 9.17) is 15.3 Å². The highest BCUT2D eigenvalue weighted by atomic mass is 16.6. The van der Waals surface area contributed by atoms with E-state index in [2.05, 4.69) is 15.0 Å². The van der Waals surface area contributed by atoms with Crippen molar-refractivity contribution >= 4 is 12.0 Å². The van der Waals surface area contributed by atoms with Crippen LogP contribution in [0.1, 0.15) is 37.7 Å². The van der Waals surface area contributed by atoms with Crippen LogP contribution in [-0.4, -0.2) is 57.1 Å². The standard InChI is InChI=1S/C20H26N6O4/c1-20(2,3)30-19(28)26-11-13(12-26)6-7-29-17-5-4-14(8-23-17)15-9-22-10-16(24-15)18(27)25-21/h4-5,8-10,13H,6-7,11-12,21H2,1-3H3,(H,25,27). The van der Waals surface area contributed by atoms with Crippen LogP contribution in [0.25, 0.3) is 11.3 Å². The Labute approximate surface area is 174 Å². The smallest absolute Gasteiger partial charge is 0.410 e. The lowest BCUT2D eigenvalue weighted by atomic mass is 9.97. The fraction of sp³-hybridized carbons (Fsp3) is 0.450. The molecule has 0 radical (unpaired) electrons. The first-order valence-corrected chi connectivity index (χ1v) is 9.65. The molecule has 0 aromatic carbocycles. The lowest BCUT2D eigenvalue weighted by molar-refractivity contribution is -0.00391. The number of carbonyl (C=O) groups is 2. The summed E-state index contributed by atoms with van der Waals surface area (Å²) in [5.74, 6) is 5.49. The van der Waals surface area contributed by atoms with Gasteiger partial charge in [-0.05, 0) is 39.2 Å². The summed E-state index contributed by atoms with van der Waals surface area (Å²) in [6.45, 7) is 7.43. The lowest BCUT2D eigenvalue weighted by Crippen LogP contribution is -2.51. The molecule has 0 atom stereocenters. The number of pyridine rings is 1. The number of hydrogen-bond donors (Lipinski definition) is 2. The molecule has 1 aliphatic heterocycles. The molecule has 1 saturated heterocycles. The van der Waals surface area contributed by atoms with Crippen LogP contribution < -0.4 is 16.0 Å². The van der Waals surface area contributed by atoms with Crippen molar-refractivity contribution in [3.8, 4) is 17.1 Å².